The molecule has 0 N–H and O–H groups in total. The number of thiophene rings is 1. The van der Waals surface area contributed by atoms with E-state index in [2.05, 4.69) is 292 Å². The smallest absolute Gasteiger partial charge is 0.0544 e. The van der Waals surface area contributed by atoms with Crippen molar-refractivity contribution in [3.8, 4) is 55.6 Å². The topological polar surface area (TPSA) is 6.48 Å². The summed E-state index contributed by atoms with van der Waals surface area (Å²) in [6.45, 7) is 9.74. The molecule has 358 valence electrons. The average molecular weight is 979 g/mol. The third kappa shape index (κ3) is 7.44. The van der Waals surface area contributed by atoms with Crippen LogP contribution in [0.2, 0.25) is 0 Å². The van der Waals surface area contributed by atoms with Gasteiger partial charge in [-0.25, -0.2) is 0 Å². The highest BCUT2D eigenvalue weighted by atomic mass is 32.1. The first-order chi connectivity index (χ1) is 36.7. The molecule has 0 bridgehead atoms. The van der Waals surface area contributed by atoms with Crippen molar-refractivity contribution < 1.29 is 0 Å². The van der Waals surface area contributed by atoms with E-state index in [0.717, 1.165) is 17.1 Å². The van der Waals surface area contributed by atoms with Crippen LogP contribution in [0.3, 0.4) is 0 Å². The van der Waals surface area contributed by atoms with Crippen LogP contribution in [-0.4, -0.2) is 0 Å². The second-order valence-electron chi connectivity index (χ2n) is 21.4. The van der Waals surface area contributed by atoms with Crippen molar-refractivity contribution in [3.05, 3.63) is 277 Å². The number of benzene rings is 11. The van der Waals surface area contributed by atoms with Gasteiger partial charge < -0.3 is 9.80 Å². The number of hydrogen-bond acceptors (Lipinski definition) is 3. The molecule has 0 atom stereocenters. The summed E-state index contributed by atoms with van der Waals surface area (Å²) in [4.78, 5) is 5.00. The highest BCUT2D eigenvalue weighted by molar-refractivity contribution is 7.25. The molecule has 0 aliphatic carbocycles. The second-order valence-corrected chi connectivity index (χ2v) is 22.4. The summed E-state index contributed by atoms with van der Waals surface area (Å²) in [7, 11) is 0. The molecule has 1 aromatic heterocycles. The molecule has 2 aliphatic heterocycles. The zero-order valence-electron chi connectivity index (χ0n) is 42.6. The first-order valence-corrected chi connectivity index (χ1v) is 27.0. The van der Waals surface area contributed by atoms with Crippen molar-refractivity contribution >= 4 is 65.6 Å². The average Bonchev–Trinajstić information content (AvgIpc) is 3.93. The molecule has 0 radical (unpaired) electrons. The molecule has 0 amide bonds. The Morgan fingerprint density at radius 1 is 0.293 bits per heavy atom. The maximum Gasteiger partial charge on any atom is 0.0544 e. The van der Waals surface area contributed by atoms with E-state index in [1.165, 1.54) is 115 Å². The van der Waals surface area contributed by atoms with Crippen LogP contribution in [0.5, 0.6) is 0 Å². The number of anilines is 6. The standard InChI is InChI=1S/C72H54N2S/c1-71(2)62-42-54(49-21-13-7-14-22-49)29-37-66(62)74-67-38-30-55(50-23-15-8-16-24-50)43-63(67)72(3,4)65-45-56(44-64(71)70(65)74)53-31-39-68-60(41-53)61-46-59(36-40-69(61)75-68)73(57-32-25-51(26-33-57)47-17-9-5-10-18-47)58-34-27-52(28-35-58)48-19-11-6-12-20-48/h5-46H,1-4H3. The number of hydrogen-bond donors (Lipinski definition) is 0. The van der Waals surface area contributed by atoms with Gasteiger partial charge in [-0.3, -0.25) is 0 Å². The molecule has 2 aliphatic rings. The van der Waals surface area contributed by atoms with E-state index in [1.807, 2.05) is 11.3 Å². The normalized spacial score (nSPS) is 13.8. The largest absolute Gasteiger partial charge is 0.310 e. The quantitative estimate of drug-likeness (QED) is 0.150. The van der Waals surface area contributed by atoms with Gasteiger partial charge in [-0.15, -0.1) is 11.3 Å². The van der Waals surface area contributed by atoms with Gasteiger partial charge in [-0.05, 0) is 169 Å². The third-order valence-electron chi connectivity index (χ3n) is 16.2. The van der Waals surface area contributed by atoms with Crippen molar-refractivity contribution in [2.75, 3.05) is 9.80 Å². The SMILES string of the molecule is CC1(C)c2cc(-c3ccccc3)ccc2N2c3ccc(-c4ccccc4)cc3C(C)(C)c3cc(-c4ccc5sc6ccc(N(c7ccc(-c8ccccc8)cc7)c7ccc(-c8ccccc8)cc7)cc6c5c4)cc1c32. The van der Waals surface area contributed by atoms with Crippen LogP contribution < -0.4 is 9.80 Å². The molecule has 0 saturated heterocycles. The summed E-state index contributed by atoms with van der Waals surface area (Å²) in [5, 5.41) is 2.53. The highest BCUT2D eigenvalue weighted by Crippen LogP contribution is 2.61. The summed E-state index contributed by atoms with van der Waals surface area (Å²) in [6, 6.07) is 94.5. The maximum atomic E-state index is 2.59. The molecular formula is C72H54N2S. The fourth-order valence-electron chi connectivity index (χ4n) is 12.1. The summed E-state index contributed by atoms with van der Waals surface area (Å²) >= 11 is 1.87. The summed E-state index contributed by atoms with van der Waals surface area (Å²) in [5.41, 5.74) is 24.1. The fraction of sp³-hybridized carbons (Fsp3) is 0.0833. The molecule has 0 spiro atoms. The predicted molar refractivity (Wildman–Crippen MR) is 320 cm³/mol. The van der Waals surface area contributed by atoms with Crippen LogP contribution in [0.4, 0.5) is 34.1 Å². The Bertz CT molecular complexity index is 3930. The minimum absolute atomic E-state index is 0.301. The summed E-state index contributed by atoms with van der Waals surface area (Å²) < 4.78 is 2.56. The molecule has 12 aromatic rings. The van der Waals surface area contributed by atoms with E-state index in [1.54, 1.807) is 0 Å². The van der Waals surface area contributed by atoms with Gasteiger partial charge in [0.05, 0.1) is 17.1 Å². The first kappa shape index (κ1) is 44.9. The predicted octanol–water partition coefficient (Wildman–Crippen LogP) is 20.6. The van der Waals surface area contributed by atoms with Crippen molar-refractivity contribution in [3.63, 3.8) is 0 Å². The number of fused-ring (bicyclic) bond motifs is 7. The molecule has 0 fully saturated rings. The number of rotatable bonds is 8. The van der Waals surface area contributed by atoms with E-state index in [9.17, 15) is 0 Å². The van der Waals surface area contributed by atoms with Gasteiger partial charge >= 0.3 is 0 Å². The van der Waals surface area contributed by atoms with Gasteiger partial charge in [0, 0.05) is 48.1 Å². The first-order valence-electron chi connectivity index (χ1n) is 26.1. The fourth-order valence-corrected chi connectivity index (χ4v) is 13.2. The molecule has 3 heteroatoms. The molecule has 0 saturated carbocycles. The molecule has 2 nitrogen and oxygen atoms in total. The van der Waals surface area contributed by atoms with Crippen LogP contribution in [-0.2, 0) is 10.8 Å². The lowest BCUT2D eigenvalue weighted by molar-refractivity contribution is 0.598. The van der Waals surface area contributed by atoms with Crippen LogP contribution in [0.1, 0.15) is 49.9 Å². The van der Waals surface area contributed by atoms with Crippen molar-refractivity contribution in [2.45, 2.75) is 38.5 Å². The Hall–Kier alpha value is -8.76. The van der Waals surface area contributed by atoms with Crippen LogP contribution in [0.15, 0.2) is 255 Å². The molecule has 75 heavy (non-hydrogen) atoms. The van der Waals surface area contributed by atoms with E-state index in [4.69, 9.17) is 0 Å². The van der Waals surface area contributed by atoms with Crippen LogP contribution >= 0.6 is 11.3 Å². The van der Waals surface area contributed by atoms with E-state index in [0.29, 0.717) is 0 Å². The Labute approximate surface area is 444 Å². The van der Waals surface area contributed by atoms with E-state index < -0.39 is 0 Å². The van der Waals surface area contributed by atoms with Gasteiger partial charge in [0.15, 0.2) is 0 Å². The number of nitrogens with zero attached hydrogens (tertiary/aromatic N) is 2. The lowest BCUT2D eigenvalue weighted by Gasteiger charge is -2.50. The van der Waals surface area contributed by atoms with Gasteiger partial charge in [0.1, 0.15) is 0 Å². The Morgan fingerprint density at radius 2 is 0.627 bits per heavy atom. The highest BCUT2D eigenvalue weighted by Gasteiger charge is 2.46. The van der Waals surface area contributed by atoms with Gasteiger partial charge in [-0.2, -0.15) is 0 Å². The van der Waals surface area contributed by atoms with Crippen molar-refractivity contribution in [2.24, 2.45) is 0 Å². The van der Waals surface area contributed by atoms with Crippen molar-refractivity contribution in [1.29, 1.82) is 0 Å². The molecule has 3 heterocycles. The zero-order valence-corrected chi connectivity index (χ0v) is 43.4. The Morgan fingerprint density at radius 3 is 1.08 bits per heavy atom. The minimum Gasteiger partial charge on any atom is -0.310 e. The Kier molecular flexibility index (Phi) is 10.4. The summed E-state index contributed by atoms with van der Waals surface area (Å²) in [5.74, 6) is 0. The maximum absolute atomic E-state index is 2.59. The second kappa shape index (κ2) is 17.4. The molecular weight excluding hydrogens is 925 g/mol. The Balaban J connectivity index is 0.926. The van der Waals surface area contributed by atoms with E-state index >= 15 is 0 Å². The van der Waals surface area contributed by atoms with Crippen LogP contribution in [0, 0.1) is 0 Å². The molecule has 11 aromatic carbocycles. The molecule has 14 rings (SSSR count). The van der Waals surface area contributed by atoms with Gasteiger partial charge in [-0.1, -0.05) is 191 Å². The van der Waals surface area contributed by atoms with Gasteiger partial charge in [0.2, 0.25) is 0 Å². The monoisotopic (exact) mass is 978 g/mol. The lowest BCUT2D eigenvalue weighted by atomic mass is 9.65. The van der Waals surface area contributed by atoms with E-state index in [-0.39, 0.29) is 10.8 Å². The summed E-state index contributed by atoms with van der Waals surface area (Å²) in [6.07, 6.45) is 0. The lowest BCUT2D eigenvalue weighted by Crippen LogP contribution is -2.38. The van der Waals surface area contributed by atoms with Crippen LogP contribution in [0.25, 0.3) is 75.8 Å². The third-order valence-corrected chi connectivity index (χ3v) is 17.4. The van der Waals surface area contributed by atoms with Crippen molar-refractivity contribution in [1.82, 2.24) is 0 Å². The van der Waals surface area contributed by atoms with Gasteiger partial charge in [0.25, 0.3) is 0 Å². The molecule has 0 unspecified atom stereocenters. The minimum atomic E-state index is -0.301. The zero-order chi connectivity index (χ0) is 50.4.